The molecule has 2 aromatic heterocycles. The molecule has 0 fully saturated rings. The van der Waals surface area contributed by atoms with Crippen molar-refractivity contribution in [3.05, 3.63) is 41.7 Å². The molecule has 6 nitrogen and oxygen atoms in total. The highest BCUT2D eigenvalue weighted by molar-refractivity contribution is 5.06. The molecule has 0 spiro atoms. The zero-order valence-corrected chi connectivity index (χ0v) is 11.6. The fourth-order valence-corrected chi connectivity index (χ4v) is 2.68. The lowest BCUT2D eigenvalue weighted by atomic mass is 10.2. The third-order valence-corrected chi connectivity index (χ3v) is 3.74. The van der Waals surface area contributed by atoms with Gasteiger partial charge in [0.15, 0.2) is 0 Å². The standard InChI is InChI=1S/C14H19N5O/c1-11-6-15-7-12(17-11)8-18-9-13-2-4-16-19(13)5-3-14(18)10-20/h2,4,6-7,14,20H,3,5,8-10H2,1H3. The molecular weight excluding hydrogens is 254 g/mol. The molecule has 2 aromatic rings. The van der Waals surface area contributed by atoms with Crippen LogP contribution >= 0.6 is 0 Å². The third-order valence-electron chi connectivity index (χ3n) is 3.74. The molecule has 6 heteroatoms. The quantitative estimate of drug-likeness (QED) is 0.894. The number of hydrogen-bond donors (Lipinski definition) is 1. The first-order valence-electron chi connectivity index (χ1n) is 6.89. The van der Waals surface area contributed by atoms with Gasteiger partial charge in [-0.3, -0.25) is 19.5 Å². The van der Waals surface area contributed by atoms with Crippen LogP contribution in [0.2, 0.25) is 0 Å². The van der Waals surface area contributed by atoms with E-state index in [9.17, 15) is 5.11 Å². The molecule has 0 aromatic carbocycles. The number of rotatable bonds is 3. The van der Waals surface area contributed by atoms with E-state index in [2.05, 4.69) is 20.0 Å². The summed E-state index contributed by atoms with van der Waals surface area (Å²) in [5.41, 5.74) is 3.04. The van der Waals surface area contributed by atoms with Gasteiger partial charge in [0.05, 0.1) is 23.7 Å². The number of nitrogens with zero attached hydrogens (tertiary/aromatic N) is 5. The van der Waals surface area contributed by atoms with E-state index < -0.39 is 0 Å². The second-order valence-corrected chi connectivity index (χ2v) is 5.23. The summed E-state index contributed by atoms with van der Waals surface area (Å²) in [5, 5.41) is 13.9. The minimum Gasteiger partial charge on any atom is -0.395 e. The lowest BCUT2D eigenvalue weighted by molar-refractivity contribution is 0.106. The highest BCUT2D eigenvalue weighted by atomic mass is 16.3. The van der Waals surface area contributed by atoms with Crippen LogP contribution in [0.5, 0.6) is 0 Å². The maximum atomic E-state index is 9.63. The Kier molecular flexibility index (Phi) is 3.75. The minimum atomic E-state index is 0.138. The first-order chi connectivity index (χ1) is 9.76. The number of hydrogen-bond acceptors (Lipinski definition) is 5. The highest BCUT2D eigenvalue weighted by Gasteiger charge is 2.24. The Balaban J connectivity index is 1.81. The van der Waals surface area contributed by atoms with E-state index in [1.54, 1.807) is 12.4 Å². The molecule has 1 aliphatic rings. The number of fused-ring (bicyclic) bond motifs is 1. The number of aliphatic hydroxyl groups excluding tert-OH is 1. The molecule has 1 N–H and O–H groups in total. The smallest absolute Gasteiger partial charge is 0.0730 e. The van der Waals surface area contributed by atoms with Gasteiger partial charge in [0.25, 0.3) is 0 Å². The van der Waals surface area contributed by atoms with Crippen molar-refractivity contribution in [3.8, 4) is 0 Å². The van der Waals surface area contributed by atoms with E-state index in [4.69, 9.17) is 0 Å². The fourth-order valence-electron chi connectivity index (χ4n) is 2.68. The molecule has 0 radical (unpaired) electrons. The van der Waals surface area contributed by atoms with Gasteiger partial charge in [0.1, 0.15) is 0 Å². The van der Waals surface area contributed by atoms with Crippen LogP contribution < -0.4 is 0 Å². The van der Waals surface area contributed by atoms with Crippen molar-refractivity contribution < 1.29 is 5.11 Å². The largest absolute Gasteiger partial charge is 0.395 e. The summed E-state index contributed by atoms with van der Waals surface area (Å²) >= 11 is 0. The predicted octanol–water partition coefficient (Wildman–Crippen LogP) is 0.748. The van der Waals surface area contributed by atoms with Gasteiger partial charge < -0.3 is 5.11 Å². The Bertz CT molecular complexity index is 582. The lowest BCUT2D eigenvalue weighted by Gasteiger charge is -2.27. The van der Waals surface area contributed by atoms with Crippen molar-refractivity contribution in [2.45, 2.75) is 39.0 Å². The van der Waals surface area contributed by atoms with E-state index in [0.29, 0.717) is 6.54 Å². The van der Waals surface area contributed by atoms with Gasteiger partial charge >= 0.3 is 0 Å². The number of aliphatic hydroxyl groups is 1. The molecule has 3 heterocycles. The lowest BCUT2D eigenvalue weighted by Crippen LogP contribution is -2.36. The van der Waals surface area contributed by atoms with Gasteiger partial charge in [-0.1, -0.05) is 0 Å². The van der Waals surface area contributed by atoms with Crippen LogP contribution in [0.1, 0.15) is 23.5 Å². The summed E-state index contributed by atoms with van der Waals surface area (Å²) in [6.07, 6.45) is 6.28. The van der Waals surface area contributed by atoms with Crippen LogP contribution in [0.15, 0.2) is 24.7 Å². The Morgan fingerprint density at radius 1 is 1.40 bits per heavy atom. The predicted molar refractivity (Wildman–Crippen MR) is 73.7 cm³/mol. The van der Waals surface area contributed by atoms with E-state index in [-0.39, 0.29) is 12.6 Å². The molecule has 0 aliphatic carbocycles. The topological polar surface area (TPSA) is 67.1 Å². The fraction of sp³-hybridized carbons (Fsp3) is 0.500. The van der Waals surface area contributed by atoms with Gasteiger partial charge in [-0.05, 0) is 19.4 Å². The van der Waals surface area contributed by atoms with E-state index in [1.807, 2.05) is 23.9 Å². The Hall–Kier alpha value is -1.79. The minimum absolute atomic E-state index is 0.138. The van der Waals surface area contributed by atoms with Crippen molar-refractivity contribution in [2.75, 3.05) is 6.61 Å². The number of aryl methyl sites for hydroxylation is 2. The zero-order valence-electron chi connectivity index (χ0n) is 11.6. The molecule has 3 rings (SSSR count). The summed E-state index contributed by atoms with van der Waals surface area (Å²) in [5.74, 6) is 0. The molecule has 20 heavy (non-hydrogen) atoms. The molecule has 0 saturated heterocycles. The average molecular weight is 273 g/mol. The summed E-state index contributed by atoms with van der Waals surface area (Å²) in [6.45, 7) is 4.43. The van der Waals surface area contributed by atoms with Gasteiger partial charge in [0, 0.05) is 44.3 Å². The Morgan fingerprint density at radius 3 is 3.10 bits per heavy atom. The molecular formula is C14H19N5O. The first-order valence-corrected chi connectivity index (χ1v) is 6.89. The van der Waals surface area contributed by atoms with Crippen molar-refractivity contribution in [2.24, 2.45) is 0 Å². The molecule has 0 amide bonds. The Morgan fingerprint density at radius 2 is 2.30 bits per heavy atom. The SMILES string of the molecule is Cc1cncc(CN2Cc3ccnn3CCC2CO)n1. The molecule has 106 valence electrons. The normalized spacial score (nSPS) is 19.6. The van der Waals surface area contributed by atoms with Crippen molar-refractivity contribution in [3.63, 3.8) is 0 Å². The Labute approximate surface area is 118 Å². The van der Waals surface area contributed by atoms with E-state index in [0.717, 1.165) is 30.9 Å². The molecule has 0 bridgehead atoms. The summed E-state index contributed by atoms with van der Waals surface area (Å²) in [6, 6.07) is 2.17. The average Bonchev–Trinajstić information content (AvgIpc) is 2.80. The van der Waals surface area contributed by atoms with Gasteiger partial charge in [0.2, 0.25) is 0 Å². The second-order valence-electron chi connectivity index (χ2n) is 5.23. The molecule has 0 saturated carbocycles. The number of aromatic nitrogens is 4. The van der Waals surface area contributed by atoms with Crippen molar-refractivity contribution in [1.29, 1.82) is 0 Å². The van der Waals surface area contributed by atoms with Crippen LogP contribution in [-0.2, 0) is 19.6 Å². The maximum Gasteiger partial charge on any atom is 0.0730 e. The van der Waals surface area contributed by atoms with Crippen molar-refractivity contribution >= 4 is 0 Å². The summed E-state index contributed by atoms with van der Waals surface area (Å²) in [4.78, 5) is 10.9. The zero-order chi connectivity index (χ0) is 13.9. The van der Waals surface area contributed by atoms with Crippen LogP contribution in [-0.4, -0.2) is 42.4 Å². The molecule has 1 aliphatic heterocycles. The van der Waals surface area contributed by atoms with Crippen molar-refractivity contribution in [1.82, 2.24) is 24.6 Å². The van der Waals surface area contributed by atoms with E-state index in [1.165, 1.54) is 5.69 Å². The maximum absolute atomic E-state index is 9.63. The molecule has 1 unspecified atom stereocenters. The summed E-state index contributed by atoms with van der Waals surface area (Å²) in [7, 11) is 0. The molecule has 1 atom stereocenters. The van der Waals surface area contributed by atoms with Gasteiger partial charge in [-0.15, -0.1) is 0 Å². The van der Waals surface area contributed by atoms with E-state index >= 15 is 0 Å². The van der Waals surface area contributed by atoms with Crippen LogP contribution in [0, 0.1) is 6.92 Å². The second kappa shape index (κ2) is 5.68. The van der Waals surface area contributed by atoms with Crippen LogP contribution in [0.3, 0.4) is 0 Å². The van der Waals surface area contributed by atoms with Gasteiger partial charge in [-0.25, -0.2) is 0 Å². The first kappa shape index (κ1) is 13.2. The van der Waals surface area contributed by atoms with Crippen LogP contribution in [0.4, 0.5) is 0 Å². The monoisotopic (exact) mass is 273 g/mol. The van der Waals surface area contributed by atoms with Gasteiger partial charge in [-0.2, -0.15) is 5.10 Å². The third kappa shape index (κ3) is 2.71. The summed E-state index contributed by atoms with van der Waals surface area (Å²) < 4.78 is 2.02. The van der Waals surface area contributed by atoms with Crippen LogP contribution in [0.25, 0.3) is 0 Å². The highest BCUT2D eigenvalue weighted by Crippen LogP contribution is 2.18.